The number of hydrogen-bond acceptors (Lipinski definition) is 5. The third-order valence-corrected chi connectivity index (χ3v) is 4.13. The van der Waals surface area contributed by atoms with Crippen LogP contribution in [0.4, 0.5) is 5.69 Å². The van der Waals surface area contributed by atoms with Gasteiger partial charge in [0.25, 0.3) is 5.91 Å². The second kappa shape index (κ2) is 5.20. The minimum atomic E-state index is -0.0450. The Morgan fingerprint density at radius 2 is 2.20 bits per heavy atom. The number of carbonyl (C=O) groups excluding carboxylic acids is 1. The zero-order chi connectivity index (χ0) is 14.1. The molecule has 0 bridgehead atoms. The van der Waals surface area contributed by atoms with Gasteiger partial charge in [-0.05, 0) is 18.6 Å². The van der Waals surface area contributed by atoms with Gasteiger partial charge in [0.15, 0.2) is 5.69 Å². The molecule has 6 heteroatoms. The van der Waals surface area contributed by atoms with Crippen LogP contribution >= 0.6 is 11.7 Å². The minimum absolute atomic E-state index is 0.0450. The van der Waals surface area contributed by atoms with E-state index in [1.165, 1.54) is 5.69 Å². The number of hydrogen-bond donors (Lipinski definition) is 0. The van der Waals surface area contributed by atoms with E-state index in [4.69, 9.17) is 0 Å². The Hall–Kier alpha value is -1.95. The van der Waals surface area contributed by atoms with Crippen molar-refractivity contribution >= 4 is 23.3 Å². The highest BCUT2D eigenvalue weighted by Crippen LogP contribution is 2.26. The number of aromatic nitrogens is 2. The van der Waals surface area contributed by atoms with E-state index >= 15 is 0 Å². The standard InChI is InChI=1S/C14H16N4OS/c1-10-8-17(2)13-6-4-3-5-11(13)9-18(10)14(19)12-7-15-20-16-12/h3-7,10H,8-9H2,1-2H3. The van der Waals surface area contributed by atoms with Crippen LogP contribution in [0.15, 0.2) is 30.5 Å². The fourth-order valence-electron chi connectivity index (χ4n) is 2.63. The molecule has 1 amide bonds. The summed E-state index contributed by atoms with van der Waals surface area (Å²) in [6, 6.07) is 8.34. The van der Waals surface area contributed by atoms with Crippen LogP contribution < -0.4 is 4.90 Å². The van der Waals surface area contributed by atoms with Gasteiger partial charge in [-0.15, -0.1) is 0 Å². The maximum absolute atomic E-state index is 12.6. The molecule has 0 aliphatic carbocycles. The van der Waals surface area contributed by atoms with Crippen LogP contribution in [0.5, 0.6) is 0 Å². The van der Waals surface area contributed by atoms with Crippen molar-refractivity contribution in [3.05, 3.63) is 41.7 Å². The van der Waals surface area contributed by atoms with E-state index in [9.17, 15) is 4.79 Å². The van der Waals surface area contributed by atoms with E-state index < -0.39 is 0 Å². The number of fused-ring (bicyclic) bond motifs is 1. The van der Waals surface area contributed by atoms with Gasteiger partial charge < -0.3 is 9.80 Å². The molecule has 1 unspecified atom stereocenters. The van der Waals surface area contributed by atoms with Gasteiger partial charge in [-0.25, -0.2) is 0 Å². The molecule has 1 aromatic heterocycles. The number of anilines is 1. The summed E-state index contributed by atoms with van der Waals surface area (Å²) in [5.74, 6) is -0.0450. The highest BCUT2D eigenvalue weighted by molar-refractivity contribution is 6.99. The molecule has 2 heterocycles. The number of nitrogens with zero attached hydrogens (tertiary/aromatic N) is 4. The van der Waals surface area contributed by atoms with Crippen molar-refractivity contribution in [3.8, 4) is 0 Å². The average Bonchev–Trinajstić information content (AvgIpc) is 2.94. The van der Waals surface area contributed by atoms with E-state index in [0.29, 0.717) is 12.2 Å². The second-order valence-electron chi connectivity index (χ2n) is 5.08. The molecule has 0 spiro atoms. The largest absolute Gasteiger partial charge is 0.372 e. The molecule has 0 saturated carbocycles. The molecule has 5 nitrogen and oxygen atoms in total. The van der Waals surface area contributed by atoms with Crippen molar-refractivity contribution in [2.45, 2.75) is 19.5 Å². The number of amides is 1. The number of rotatable bonds is 1. The van der Waals surface area contributed by atoms with Gasteiger partial charge in [-0.3, -0.25) is 4.79 Å². The maximum atomic E-state index is 12.6. The predicted octanol–water partition coefficient (Wildman–Crippen LogP) is 2.02. The van der Waals surface area contributed by atoms with E-state index in [0.717, 1.165) is 23.8 Å². The fourth-order valence-corrected chi connectivity index (χ4v) is 3.03. The van der Waals surface area contributed by atoms with E-state index in [-0.39, 0.29) is 11.9 Å². The summed E-state index contributed by atoms with van der Waals surface area (Å²) < 4.78 is 7.98. The van der Waals surface area contributed by atoms with Crippen LogP contribution in [-0.4, -0.2) is 39.2 Å². The van der Waals surface area contributed by atoms with Crippen LogP contribution in [0, 0.1) is 0 Å². The summed E-state index contributed by atoms with van der Waals surface area (Å²) in [7, 11) is 2.06. The molecular weight excluding hydrogens is 272 g/mol. The Kier molecular flexibility index (Phi) is 3.40. The van der Waals surface area contributed by atoms with E-state index in [2.05, 4.69) is 39.8 Å². The van der Waals surface area contributed by atoms with Gasteiger partial charge in [0.2, 0.25) is 0 Å². The predicted molar refractivity (Wildman–Crippen MR) is 79.0 cm³/mol. The molecule has 1 aliphatic heterocycles. The van der Waals surface area contributed by atoms with Crippen LogP contribution in [0.3, 0.4) is 0 Å². The van der Waals surface area contributed by atoms with Gasteiger partial charge in [-0.2, -0.15) is 8.75 Å². The third-order valence-electron chi connectivity index (χ3n) is 3.65. The first-order chi connectivity index (χ1) is 9.66. The van der Waals surface area contributed by atoms with Crippen LogP contribution in [0.1, 0.15) is 23.0 Å². The second-order valence-corrected chi connectivity index (χ2v) is 5.64. The molecule has 0 radical (unpaired) electrons. The summed E-state index contributed by atoms with van der Waals surface area (Å²) >= 11 is 1.07. The van der Waals surface area contributed by atoms with Crippen LogP contribution in [0.2, 0.25) is 0 Å². The molecule has 1 aliphatic rings. The van der Waals surface area contributed by atoms with Crippen molar-refractivity contribution in [1.82, 2.24) is 13.6 Å². The Balaban J connectivity index is 1.95. The smallest absolute Gasteiger partial charge is 0.275 e. The summed E-state index contributed by atoms with van der Waals surface area (Å²) in [6.07, 6.45) is 1.54. The lowest BCUT2D eigenvalue weighted by Gasteiger charge is -2.27. The molecule has 2 aromatic rings. The number of likely N-dealkylation sites (N-methyl/N-ethyl adjacent to an activating group) is 1. The Bertz CT molecular complexity index is 613. The summed E-state index contributed by atoms with van der Waals surface area (Å²) in [4.78, 5) is 16.6. The third kappa shape index (κ3) is 2.27. The number of carbonyl (C=O) groups is 1. The van der Waals surface area contributed by atoms with Crippen molar-refractivity contribution in [3.63, 3.8) is 0 Å². The molecular formula is C14H16N4OS. The van der Waals surface area contributed by atoms with Gasteiger partial charge in [0.1, 0.15) is 0 Å². The van der Waals surface area contributed by atoms with Gasteiger partial charge in [0, 0.05) is 31.9 Å². The van der Waals surface area contributed by atoms with Crippen LogP contribution in [0.25, 0.3) is 0 Å². The van der Waals surface area contributed by atoms with Crippen molar-refractivity contribution in [1.29, 1.82) is 0 Å². The highest BCUT2D eigenvalue weighted by atomic mass is 32.1. The molecule has 0 fully saturated rings. The summed E-state index contributed by atoms with van der Waals surface area (Å²) in [6.45, 7) is 3.48. The normalized spacial score (nSPS) is 18.6. The zero-order valence-corrected chi connectivity index (χ0v) is 12.3. The molecule has 1 atom stereocenters. The maximum Gasteiger partial charge on any atom is 0.275 e. The molecule has 3 rings (SSSR count). The topological polar surface area (TPSA) is 49.3 Å². The molecule has 1 aromatic carbocycles. The summed E-state index contributed by atoms with van der Waals surface area (Å²) in [5, 5.41) is 0. The Morgan fingerprint density at radius 1 is 1.40 bits per heavy atom. The van der Waals surface area contributed by atoms with Gasteiger partial charge >= 0.3 is 0 Å². The van der Waals surface area contributed by atoms with Crippen molar-refractivity contribution < 1.29 is 4.79 Å². The first-order valence-electron chi connectivity index (χ1n) is 6.54. The molecule has 104 valence electrons. The number of para-hydroxylation sites is 1. The minimum Gasteiger partial charge on any atom is -0.372 e. The molecule has 0 N–H and O–H groups in total. The summed E-state index contributed by atoms with van der Waals surface area (Å²) in [5.41, 5.74) is 2.78. The van der Waals surface area contributed by atoms with Gasteiger partial charge in [-0.1, -0.05) is 18.2 Å². The number of benzene rings is 1. The highest BCUT2D eigenvalue weighted by Gasteiger charge is 2.28. The molecule has 20 heavy (non-hydrogen) atoms. The Morgan fingerprint density at radius 3 is 2.95 bits per heavy atom. The van der Waals surface area contributed by atoms with Crippen molar-refractivity contribution in [2.24, 2.45) is 0 Å². The monoisotopic (exact) mass is 288 g/mol. The fraction of sp³-hybridized carbons (Fsp3) is 0.357. The lowest BCUT2D eigenvalue weighted by atomic mass is 10.1. The zero-order valence-electron chi connectivity index (χ0n) is 11.5. The van der Waals surface area contributed by atoms with Gasteiger partial charge in [0.05, 0.1) is 17.9 Å². The molecule has 0 saturated heterocycles. The Labute approximate surface area is 122 Å². The lowest BCUT2D eigenvalue weighted by Crippen LogP contribution is -2.42. The van der Waals surface area contributed by atoms with E-state index in [1.807, 2.05) is 17.0 Å². The first-order valence-corrected chi connectivity index (χ1v) is 7.27. The quantitative estimate of drug-likeness (QED) is 0.805. The first kappa shape index (κ1) is 13.1. The van der Waals surface area contributed by atoms with Crippen molar-refractivity contribution in [2.75, 3.05) is 18.5 Å². The average molecular weight is 288 g/mol. The van der Waals surface area contributed by atoms with Crippen LogP contribution in [-0.2, 0) is 6.54 Å². The lowest BCUT2D eigenvalue weighted by molar-refractivity contribution is 0.0682. The van der Waals surface area contributed by atoms with E-state index in [1.54, 1.807) is 6.20 Å². The SMILES string of the molecule is CC1CN(C)c2ccccc2CN1C(=O)c1cnsn1.